The van der Waals surface area contributed by atoms with Gasteiger partial charge in [0.05, 0.1) is 5.69 Å². The third-order valence-corrected chi connectivity index (χ3v) is 3.07. The van der Waals surface area contributed by atoms with E-state index in [0.717, 1.165) is 4.47 Å². The molecule has 1 aromatic carbocycles. The average Bonchev–Trinajstić information content (AvgIpc) is 2.09. The van der Waals surface area contributed by atoms with Gasteiger partial charge in [0.25, 0.3) is 0 Å². The molecule has 0 amide bonds. The Bertz CT molecular complexity index is 358. The molecule has 1 rings (SSSR count). The van der Waals surface area contributed by atoms with Gasteiger partial charge in [0, 0.05) is 21.4 Å². The Hall–Kier alpha value is -0.200. The van der Waals surface area contributed by atoms with Crippen LogP contribution in [0, 0.1) is 0 Å². The van der Waals surface area contributed by atoms with Crippen LogP contribution in [0.25, 0.3) is 0 Å². The molecule has 0 aliphatic carbocycles. The molecule has 0 radical (unpaired) electrons. The van der Waals surface area contributed by atoms with Crippen LogP contribution in [0.5, 0.6) is 0 Å². The van der Waals surface area contributed by atoms with E-state index in [1.54, 1.807) is 12.1 Å². The molecule has 84 valence electrons. The first-order valence-corrected chi connectivity index (χ1v) is 5.78. The van der Waals surface area contributed by atoms with Crippen LogP contribution >= 0.6 is 31.9 Å². The summed E-state index contributed by atoms with van der Waals surface area (Å²) in [5.41, 5.74) is 12.3. The molecule has 0 bridgehead atoms. The van der Waals surface area contributed by atoms with Crippen LogP contribution in [0.2, 0.25) is 0 Å². The Balaban J connectivity index is 3.02. The van der Waals surface area contributed by atoms with Crippen molar-refractivity contribution in [3.8, 4) is 0 Å². The monoisotopic (exact) mass is 342 g/mol. The second-order valence-electron chi connectivity index (χ2n) is 3.12. The summed E-state index contributed by atoms with van der Waals surface area (Å²) in [7, 11) is 0. The predicted molar refractivity (Wildman–Crippen MR) is 63.8 cm³/mol. The number of rotatable bonds is 3. The summed E-state index contributed by atoms with van der Waals surface area (Å²) in [5, 5.41) is 0. The van der Waals surface area contributed by atoms with E-state index < -0.39 is 18.9 Å². The molecule has 0 saturated heterocycles. The van der Waals surface area contributed by atoms with Crippen molar-refractivity contribution in [3.05, 3.63) is 26.6 Å². The Kier molecular flexibility index (Phi) is 4.48. The lowest BCUT2D eigenvalue weighted by atomic mass is 10.0. The van der Waals surface area contributed by atoms with Crippen molar-refractivity contribution in [2.75, 3.05) is 5.73 Å². The van der Waals surface area contributed by atoms with Crippen molar-refractivity contribution in [2.45, 2.75) is 18.9 Å². The van der Waals surface area contributed by atoms with E-state index in [0.29, 0.717) is 15.7 Å². The first-order valence-electron chi connectivity index (χ1n) is 4.20. The SMILES string of the molecule is Nc1c(Br)cc(Br)cc1[C@H](N)CC(F)F. The maximum atomic E-state index is 12.2. The summed E-state index contributed by atoms with van der Waals surface area (Å²) >= 11 is 6.49. The van der Waals surface area contributed by atoms with Crippen molar-refractivity contribution >= 4 is 37.5 Å². The zero-order valence-corrected chi connectivity index (χ0v) is 10.9. The van der Waals surface area contributed by atoms with E-state index in [4.69, 9.17) is 11.5 Å². The molecule has 0 unspecified atom stereocenters. The first-order chi connectivity index (χ1) is 6.91. The van der Waals surface area contributed by atoms with Gasteiger partial charge in [0.2, 0.25) is 6.43 Å². The van der Waals surface area contributed by atoms with Gasteiger partial charge in [0.15, 0.2) is 0 Å². The van der Waals surface area contributed by atoms with E-state index in [1.807, 2.05) is 0 Å². The van der Waals surface area contributed by atoms with Crippen LogP contribution in [0.3, 0.4) is 0 Å². The van der Waals surface area contributed by atoms with Gasteiger partial charge in [-0.2, -0.15) is 0 Å². The van der Waals surface area contributed by atoms with Crippen LogP contribution in [-0.2, 0) is 0 Å². The summed E-state index contributed by atoms with van der Waals surface area (Å²) in [6.45, 7) is 0. The molecule has 0 spiro atoms. The second-order valence-corrected chi connectivity index (χ2v) is 4.89. The maximum absolute atomic E-state index is 12.2. The molecule has 6 heteroatoms. The van der Waals surface area contributed by atoms with Crippen molar-refractivity contribution in [1.29, 1.82) is 0 Å². The number of nitrogens with two attached hydrogens (primary N) is 2. The number of halogens is 4. The third-order valence-electron chi connectivity index (χ3n) is 1.96. The normalized spacial score (nSPS) is 13.2. The van der Waals surface area contributed by atoms with Gasteiger partial charge in [-0.05, 0) is 33.6 Å². The van der Waals surface area contributed by atoms with Crippen LogP contribution in [0.1, 0.15) is 18.0 Å². The summed E-state index contributed by atoms with van der Waals surface area (Å²) in [6, 6.07) is 2.65. The smallest absolute Gasteiger partial charge is 0.240 e. The van der Waals surface area contributed by atoms with Crippen molar-refractivity contribution < 1.29 is 8.78 Å². The highest BCUT2D eigenvalue weighted by Crippen LogP contribution is 2.32. The van der Waals surface area contributed by atoms with Crippen molar-refractivity contribution in [1.82, 2.24) is 0 Å². The molecule has 2 nitrogen and oxygen atoms in total. The number of alkyl halides is 2. The molecule has 1 aromatic rings. The number of benzene rings is 1. The van der Waals surface area contributed by atoms with E-state index in [-0.39, 0.29) is 0 Å². The molecule has 4 N–H and O–H groups in total. The second kappa shape index (κ2) is 5.23. The molecular formula is C9H10Br2F2N2. The van der Waals surface area contributed by atoms with Crippen LogP contribution in [0.15, 0.2) is 21.1 Å². The first kappa shape index (κ1) is 12.9. The minimum Gasteiger partial charge on any atom is -0.398 e. The van der Waals surface area contributed by atoms with Gasteiger partial charge < -0.3 is 11.5 Å². The molecule has 15 heavy (non-hydrogen) atoms. The molecule has 1 atom stereocenters. The van der Waals surface area contributed by atoms with Crippen molar-refractivity contribution in [2.24, 2.45) is 5.73 Å². The molecule has 0 aromatic heterocycles. The lowest BCUT2D eigenvalue weighted by Gasteiger charge is -2.15. The fraction of sp³-hybridized carbons (Fsp3) is 0.333. The van der Waals surface area contributed by atoms with Gasteiger partial charge in [-0.15, -0.1) is 0 Å². The summed E-state index contributed by atoms with van der Waals surface area (Å²) < 4.78 is 25.7. The van der Waals surface area contributed by atoms with E-state index >= 15 is 0 Å². The minimum atomic E-state index is -2.43. The Morgan fingerprint density at radius 2 is 1.87 bits per heavy atom. The third kappa shape index (κ3) is 3.39. The Morgan fingerprint density at radius 3 is 2.40 bits per heavy atom. The average molecular weight is 344 g/mol. The van der Waals surface area contributed by atoms with Crippen molar-refractivity contribution in [3.63, 3.8) is 0 Å². The van der Waals surface area contributed by atoms with Gasteiger partial charge in [-0.1, -0.05) is 15.9 Å². The largest absolute Gasteiger partial charge is 0.398 e. The number of anilines is 1. The number of hydrogen-bond acceptors (Lipinski definition) is 2. The van der Waals surface area contributed by atoms with Gasteiger partial charge >= 0.3 is 0 Å². The summed E-state index contributed by atoms with van der Waals surface area (Å²) in [5.74, 6) is 0. The lowest BCUT2D eigenvalue weighted by molar-refractivity contribution is 0.128. The zero-order valence-electron chi connectivity index (χ0n) is 7.68. The van der Waals surface area contributed by atoms with Gasteiger partial charge in [0.1, 0.15) is 0 Å². The Morgan fingerprint density at radius 1 is 1.27 bits per heavy atom. The number of hydrogen-bond donors (Lipinski definition) is 2. The van der Waals surface area contributed by atoms with Crippen LogP contribution < -0.4 is 11.5 Å². The standard InChI is InChI=1S/C9H10Br2F2N2/c10-4-1-5(7(14)3-8(12)13)9(15)6(11)2-4/h1-2,7-8H,3,14-15H2/t7-/m1/s1. The molecule has 0 saturated carbocycles. The van der Waals surface area contributed by atoms with Gasteiger partial charge in [-0.3, -0.25) is 0 Å². The highest BCUT2D eigenvalue weighted by atomic mass is 79.9. The van der Waals surface area contributed by atoms with E-state index in [9.17, 15) is 8.78 Å². The fourth-order valence-corrected chi connectivity index (χ4v) is 2.49. The summed E-state index contributed by atoms with van der Waals surface area (Å²) in [6.07, 6.45) is -2.83. The molecular weight excluding hydrogens is 334 g/mol. The lowest BCUT2D eigenvalue weighted by Crippen LogP contribution is -2.16. The predicted octanol–water partition coefficient (Wildman–Crippen LogP) is 3.45. The minimum absolute atomic E-state index is 0.396. The van der Waals surface area contributed by atoms with Crippen LogP contribution in [-0.4, -0.2) is 6.43 Å². The quantitative estimate of drug-likeness (QED) is 0.826. The van der Waals surface area contributed by atoms with Gasteiger partial charge in [-0.25, -0.2) is 8.78 Å². The topological polar surface area (TPSA) is 52.0 Å². The molecule has 0 aliphatic rings. The highest BCUT2D eigenvalue weighted by molar-refractivity contribution is 9.11. The molecule has 0 heterocycles. The summed E-state index contributed by atoms with van der Waals surface area (Å²) in [4.78, 5) is 0. The zero-order chi connectivity index (χ0) is 11.6. The highest BCUT2D eigenvalue weighted by Gasteiger charge is 2.17. The van der Waals surface area contributed by atoms with E-state index in [1.165, 1.54) is 0 Å². The molecule has 0 aliphatic heterocycles. The fourth-order valence-electron chi connectivity index (χ4n) is 1.23. The molecule has 0 fully saturated rings. The number of nitrogen functional groups attached to an aromatic ring is 1. The maximum Gasteiger partial charge on any atom is 0.240 e. The van der Waals surface area contributed by atoms with Crippen LogP contribution in [0.4, 0.5) is 14.5 Å². The Labute approximate surface area is 103 Å². The van der Waals surface area contributed by atoms with E-state index in [2.05, 4.69) is 31.9 Å².